The first-order valence-electron chi connectivity index (χ1n) is 2.23. The van der Waals surface area contributed by atoms with Crippen LogP contribution in [0.5, 0.6) is 0 Å². The van der Waals surface area contributed by atoms with E-state index in [0.29, 0.717) is 0 Å². The number of hydrogen-bond donors (Lipinski definition) is 2. The minimum absolute atomic E-state index is 0.562. The van der Waals surface area contributed by atoms with Gasteiger partial charge in [0.1, 0.15) is 5.54 Å². The maximum Gasteiger partial charge on any atom is 0.241 e. The van der Waals surface area contributed by atoms with Gasteiger partial charge >= 0.3 is 0 Å². The molecule has 4 N–H and O–H groups in total. The molecule has 0 heterocycles. The van der Waals surface area contributed by atoms with Crippen LogP contribution in [0.25, 0.3) is 0 Å². The van der Waals surface area contributed by atoms with Crippen LogP contribution in [0, 0.1) is 0 Å². The predicted molar refractivity (Wildman–Crippen MR) is 32.0 cm³/mol. The van der Waals surface area contributed by atoms with Crippen molar-refractivity contribution in [2.24, 2.45) is 11.5 Å². The van der Waals surface area contributed by atoms with E-state index in [2.05, 4.69) is 6.58 Å². The Morgan fingerprint density at radius 3 is 2.25 bits per heavy atom. The summed E-state index contributed by atoms with van der Waals surface area (Å²) in [5, 5.41) is 0. The first-order valence-corrected chi connectivity index (χ1v) is 2.23. The summed E-state index contributed by atoms with van der Waals surface area (Å²) in [6.45, 7) is 4.83. The van der Waals surface area contributed by atoms with Gasteiger partial charge in [-0.15, -0.1) is 6.58 Å². The van der Waals surface area contributed by atoms with Crippen LogP contribution in [0.1, 0.15) is 6.92 Å². The number of rotatable bonds is 2. The first kappa shape index (κ1) is 7.17. The van der Waals surface area contributed by atoms with E-state index in [9.17, 15) is 4.79 Å². The highest BCUT2D eigenvalue weighted by Gasteiger charge is 2.19. The van der Waals surface area contributed by atoms with Crippen molar-refractivity contribution >= 4 is 5.91 Å². The summed E-state index contributed by atoms with van der Waals surface area (Å²) >= 11 is 0. The largest absolute Gasteiger partial charge is 0.368 e. The lowest BCUT2D eigenvalue weighted by Crippen LogP contribution is -2.47. The number of carbonyl (C=O) groups excluding carboxylic acids is 1. The summed E-state index contributed by atoms with van der Waals surface area (Å²) < 4.78 is 0. The molecule has 46 valence electrons. The van der Waals surface area contributed by atoms with Crippen LogP contribution in [0.2, 0.25) is 0 Å². The third-order valence-corrected chi connectivity index (χ3v) is 0.955. The average Bonchev–Trinajstić information content (AvgIpc) is 1.67. The van der Waals surface area contributed by atoms with Gasteiger partial charge in [-0.25, -0.2) is 0 Å². The minimum Gasteiger partial charge on any atom is -0.368 e. The third kappa shape index (κ3) is 1.35. The molecule has 0 bridgehead atoms. The number of primary amides is 1. The van der Waals surface area contributed by atoms with Crippen LogP contribution in [-0.2, 0) is 4.79 Å². The van der Waals surface area contributed by atoms with Crippen molar-refractivity contribution in [3.63, 3.8) is 0 Å². The van der Waals surface area contributed by atoms with Crippen molar-refractivity contribution in [3.8, 4) is 0 Å². The number of nitrogens with two attached hydrogens (primary N) is 2. The Kier molecular flexibility index (Phi) is 1.76. The van der Waals surface area contributed by atoms with Crippen molar-refractivity contribution in [3.05, 3.63) is 12.7 Å². The van der Waals surface area contributed by atoms with Gasteiger partial charge in [0.05, 0.1) is 0 Å². The maximum absolute atomic E-state index is 10.3. The second kappa shape index (κ2) is 1.96. The maximum atomic E-state index is 10.3. The first-order chi connectivity index (χ1) is 3.50. The Hall–Kier alpha value is -0.830. The van der Waals surface area contributed by atoms with E-state index in [1.807, 2.05) is 0 Å². The molecule has 1 atom stereocenters. The molecule has 8 heavy (non-hydrogen) atoms. The van der Waals surface area contributed by atoms with Crippen LogP contribution in [-0.4, -0.2) is 11.4 Å². The lowest BCUT2D eigenvalue weighted by atomic mass is 10.0. The van der Waals surface area contributed by atoms with E-state index in [0.717, 1.165) is 0 Å². The van der Waals surface area contributed by atoms with E-state index in [-0.39, 0.29) is 0 Å². The molecule has 3 heteroatoms. The topological polar surface area (TPSA) is 69.1 Å². The smallest absolute Gasteiger partial charge is 0.241 e. The lowest BCUT2D eigenvalue weighted by Gasteiger charge is -2.12. The SMILES string of the molecule is C=CC(C)(N)C(N)=O. The fourth-order valence-electron chi connectivity index (χ4n) is 0.101. The molecule has 0 aromatic carbocycles. The zero-order chi connectivity index (χ0) is 6.78. The molecular formula is C5H10N2O. The van der Waals surface area contributed by atoms with Crippen molar-refractivity contribution < 1.29 is 4.79 Å². The predicted octanol–water partition coefficient (Wildman–Crippen LogP) is -0.625. The van der Waals surface area contributed by atoms with E-state index < -0.39 is 11.4 Å². The van der Waals surface area contributed by atoms with Gasteiger partial charge in [-0.05, 0) is 6.92 Å². The summed E-state index contributed by atoms with van der Waals surface area (Å²) in [6.07, 6.45) is 1.31. The van der Waals surface area contributed by atoms with Crippen LogP contribution in [0.15, 0.2) is 12.7 Å². The fourth-order valence-corrected chi connectivity index (χ4v) is 0.101. The van der Waals surface area contributed by atoms with Gasteiger partial charge in [0, 0.05) is 0 Å². The van der Waals surface area contributed by atoms with E-state index >= 15 is 0 Å². The van der Waals surface area contributed by atoms with Crippen LogP contribution in [0.3, 0.4) is 0 Å². The average molecular weight is 114 g/mol. The number of amides is 1. The number of hydrogen-bond acceptors (Lipinski definition) is 2. The van der Waals surface area contributed by atoms with Crippen LogP contribution >= 0.6 is 0 Å². The van der Waals surface area contributed by atoms with Crippen LogP contribution < -0.4 is 11.5 Å². The Labute approximate surface area is 48.4 Å². The molecule has 0 aliphatic rings. The molecular weight excluding hydrogens is 104 g/mol. The quantitative estimate of drug-likeness (QED) is 0.469. The molecule has 0 aliphatic heterocycles. The van der Waals surface area contributed by atoms with Gasteiger partial charge in [0.2, 0.25) is 5.91 Å². The molecule has 1 amide bonds. The second-order valence-electron chi connectivity index (χ2n) is 1.85. The molecule has 0 aliphatic carbocycles. The Morgan fingerprint density at radius 1 is 1.88 bits per heavy atom. The molecule has 0 spiro atoms. The monoisotopic (exact) mass is 114 g/mol. The summed E-state index contributed by atoms with van der Waals surface area (Å²) in [5.41, 5.74) is 9.06. The molecule has 0 aromatic heterocycles. The van der Waals surface area contributed by atoms with Crippen molar-refractivity contribution in [1.82, 2.24) is 0 Å². The number of carbonyl (C=O) groups is 1. The Bertz CT molecular complexity index is 118. The zero-order valence-electron chi connectivity index (χ0n) is 4.85. The lowest BCUT2D eigenvalue weighted by molar-refractivity contribution is -0.121. The van der Waals surface area contributed by atoms with Gasteiger partial charge in [-0.1, -0.05) is 6.08 Å². The molecule has 1 unspecified atom stereocenters. The third-order valence-electron chi connectivity index (χ3n) is 0.955. The van der Waals surface area contributed by atoms with Crippen molar-refractivity contribution in [2.75, 3.05) is 0 Å². The molecule has 0 saturated heterocycles. The Balaban J connectivity index is 4.12. The molecule has 0 saturated carbocycles. The highest BCUT2D eigenvalue weighted by Crippen LogP contribution is 1.95. The zero-order valence-corrected chi connectivity index (χ0v) is 4.85. The highest BCUT2D eigenvalue weighted by atomic mass is 16.1. The standard InChI is InChI=1S/C5H10N2O/c1-3-5(2,7)4(6)8/h3H,1,7H2,2H3,(H2,6,8). The van der Waals surface area contributed by atoms with Gasteiger partial charge < -0.3 is 11.5 Å². The summed E-state index contributed by atoms with van der Waals surface area (Å²) in [5.74, 6) is -0.562. The molecule has 0 aromatic rings. The molecule has 0 rings (SSSR count). The van der Waals surface area contributed by atoms with Crippen molar-refractivity contribution in [2.45, 2.75) is 12.5 Å². The normalized spacial score (nSPS) is 16.8. The van der Waals surface area contributed by atoms with E-state index in [1.165, 1.54) is 13.0 Å². The molecule has 0 fully saturated rings. The summed E-state index contributed by atoms with van der Waals surface area (Å²) in [7, 11) is 0. The minimum atomic E-state index is -1.06. The summed E-state index contributed by atoms with van der Waals surface area (Å²) in [6, 6.07) is 0. The van der Waals surface area contributed by atoms with Gasteiger partial charge in [0.25, 0.3) is 0 Å². The van der Waals surface area contributed by atoms with Gasteiger partial charge in [-0.2, -0.15) is 0 Å². The van der Waals surface area contributed by atoms with Gasteiger partial charge in [-0.3, -0.25) is 4.79 Å². The second-order valence-corrected chi connectivity index (χ2v) is 1.85. The molecule has 0 radical (unpaired) electrons. The Morgan fingerprint density at radius 2 is 2.25 bits per heavy atom. The van der Waals surface area contributed by atoms with Crippen molar-refractivity contribution in [1.29, 1.82) is 0 Å². The van der Waals surface area contributed by atoms with Crippen LogP contribution in [0.4, 0.5) is 0 Å². The van der Waals surface area contributed by atoms with Gasteiger partial charge in [0.15, 0.2) is 0 Å². The fraction of sp³-hybridized carbons (Fsp3) is 0.400. The highest BCUT2D eigenvalue weighted by molar-refractivity contribution is 5.85. The molecule has 3 nitrogen and oxygen atoms in total. The van der Waals surface area contributed by atoms with E-state index in [1.54, 1.807) is 0 Å². The van der Waals surface area contributed by atoms with E-state index in [4.69, 9.17) is 11.5 Å². The summed E-state index contributed by atoms with van der Waals surface area (Å²) in [4.78, 5) is 10.3.